The van der Waals surface area contributed by atoms with E-state index in [9.17, 15) is 4.79 Å². The molecule has 1 saturated heterocycles. The van der Waals surface area contributed by atoms with Crippen LogP contribution in [0.1, 0.15) is 45.4 Å². The number of hydrogen-bond donors (Lipinski definition) is 0. The van der Waals surface area contributed by atoms with Crippen LogP contribution in [0.5, 0.6) is 0 Å². The summed E-state index contributed by atoms with van der Waals surface area (Å²) in [6, 6.07) is 0. The molecule has 14 heavy (non-hydrogen) atoms. The summed E-state index contributed by atoms with van der Waals surface area (Å²) in [5, 5.41) is 0. The maximum atomic E-state index is 11.6. The summed E-state index contributed by atoms with van der Waals surface area (Å²) >= 11 is 0. The number of rotatable bonds is 4. The van der Waals surface area contributed by atoms with Gasteiger partial charge in [-0.2, -0.15) is 0 Å². The number of amides is 1. The van der Waals surface area contributed by atoms with Gasteiger partial charge in [0.15, 0.2) is 0 Å². The highest BCUT2D eigenvalue weighted by atomic mass is 16.2. The van der Waals surface area contributed by atoms with Crippen molar-refractivity contribution in [3.8, 4) is 0 Å². The van der Waals surface area contributed by atoms with Crippen LogP contribution in [0.3, 0.4) is 0 Å². The van der Waals surface area contributed by atoms with Gasteiger partial charge in [0.05, 0.1) is 0 Å². The molecule has 2 heteroatoms. The zero-order valence-corrected chi connectivity index (χ0v) is 9.17. The molecule has 0 aliphatic carbocycles. The Morgan fingerprint density at radius 2 is 2.00 bits per heavy atom. The highest BCUT2D eigenvalue weighted by Crippen LogP contribution is 2.09. The molecule has 0 radical (unpaired) electrons. The molecule has 0 saturated carbocycles. The van der Waals surface area contributed by atoms with E-state index >= 15 is 0 Å². The smallest absolute Gasteiger partial charge is 0.246 e. The summed E-state index contributed by atoms with van der Waals surface area (Å²) in [4.78, 5) is 13.6. The average Bonchev–Trinajstić information content (AvgIpc) is 2.25. The third kappa shape index (κ3) is 3.95. The van der Waals surface area contributed by atoms with E-state index in [0.717, 1.165) is 19.5 Å². The van der Waals surface area contributed by atoms with E-state index in [1.54, 1.807) is 6.08 Å². The fourth-order valence-electron chi connectivity index (χ4n) is 1.73. The predicted octanol–water partition coefficient (Wildman–Crippen LogP) is 2.75. The summed E-state index contributed by atoms with van der Waals surface area (Å²) < 4.78 is 0. The molecule has 1 amide bonds. The van der Waals surface area contributed by atoms with Crippen molar-refractivity contribution in [2.75, 3.05) is 13.1 Å². The van der Waals surface area contributed by atoms with Crippen molar-refractivity contribution in [3.05, 3.63) is 12.2 Å². The van der Waals surface area contributed by atoms with E-state index in [-0.39, 0.29) is 5.91 Å². The number of carbonyl (C=O) groups excluding carboxylic acids is 1. The molecule has 1 fully saturated rings. The average molecular weight is 195 g/mol. The molecular formula is C12H21NO. The molecule has 0 atom stereocenters. The molecule has 0 N–H and O–H groups in total. The van der Waals surface area contributed by atoms with Crippen LogP contribution in [0.25, 0.3) is 0 Å². The molecule has 0 bridgehead atoms. The van der Waals surface area contributed by atoms with Gasteiger partial charge < -0.3 is 4.90 Å². The Morgan fingerprint density at radius 1 is 1.29 bits per heavy atom. The van der Waals surface area contributed by atoms with Crippen LogP contribution in [0, 0.1) is 0 Å². The van der Waals surface area contributed by atoms with Crippen LogP contribution in [0.15, 0.2) is 12.2 Å². The minimum Gasteiger partial charge on any atom is -0.339 e. The summed E-state index contributed by atoms with van der Waals surface area (Å²) in [5.41, 5.74) is 0. The van der Waals surface area contributed by atoms with Crippen molar-refractivity contribution in [1.29, 1.82) is 0 Å². The van der Waals surface area contributed by atoms with Gasteiger partial charge in [0, 0.05) is 13.1 Å². The fourth-order valence-corrected chi connectivity index (χ4v) is 1.73. The molecule has 1 aliphatic heterocycles. The lowest BCUT2D eigenvalue weighted by atomic mass is 10.1. The first-order chi connectivity index (χ1) is 6.84. The fraction of sp³-hybridized carbons (Fsp3) is 0.750. The number of allylic oxidation sites excluding steroid dienone is 1. The maximum absolute atomic E-state index is 11.6. The van der Waals surface area contributed by atoms with Gasteiger partial charge in [-0.25, -0.2) is 0 Å². The quantitative estimate of drug-likeness (QED) is 0.499. The second-order valence-electron chi connectivity index (χ2n) is 3.93. The van der Waals surface area contributed by atoms with Crippen LogP contribution in [0.2, 0.25) is 0 Å². The van der Waals surface area contributed by atoms with Gasteiger partial charge >= 0.3 is 0 Å². The number of likely N-dealkylation sites (tertiary alicyclic amines) is 1. The van der Waals surface area contributed by atoms with E-state index in [1.165, 1.54) is 32.1 Å². The highest BCUT2D eigenvalue weighted by Gasteiger charge is 2.13. The number of unbranched alkanes of at least 4 members (excludes halogenated alkanes) is 2. The third-order valence-electron chi connectivity index (χ3n) is 2.65. The van der Waals surface area contributed by atoms with Crippen LogP contribution >= 0.6 is 0 Å². The Bertz CT molecular complexity index is 192. The van der Waals surface area contributed by atoms with E-state index in [0.29, 0.717) is 0 Å². The van der Waals surface area contributed by atoms with Crippen molar-refractivity contribution in [2.24, 2.45) is 0 Å². The van der Waals surface area contributed by atoms with Crippen LogP contribution in [0.4, 0.5) is 0 Å². The van der Waals surface area contributed by atoms with Crippen molar-refractivity contribution >= 4 is 5.91 Å². The highest BCUT2D eigenvalue weighted by molar-refractivity contribution is 5.87. The lowest BCUT2D eigenvalue weighted by molar-refractivity contribution is -0.126. The van der Waals surface area contributed by atoms with E-state index in [1.807, 2.05) is 11.0 Å². The Morgan fingerprint density at radius 3 is 2.64 bits per heavy atom. The molecule has 1 aliphatic rings. The van der Waals surface area contributed by atoms with Crippen LogP contribution < -0.4 is 0 Å². The first-order valence-electron chi connectivity index (χ1n) is 5.80. The standard InChI is InChI=1S/C12H21NO/c1-2-3-4-6-9-12(14)13-10-7-5-8-11-13/h6,9H,2-5,7-8,10-11H2,1H3/b9-6+. The topological polar surface area (TPSA) is 20.3 Å². The van der Waals surface area contributed by atoms with Gasteiger partial charge in [-0.3, -0.25) is 4.79 Å². The van der Waals surface area contributed by atoms with Crippen molar-refractivity contribution in [2.45, 2.75) is 45.4 Å². The molecule has 0 spiro atoms. The van der Waals surface area contributed by atoms with Gasteiger partial charge in [0.1, 0.15) is 0 Å². The molecule has 80 valence electrons. The van der Waals surface area contributed by atoms with Gasteiger partial charge in [-0.15, -0.1) is 0 Å². The number of piperidine rings is 1. The zero-order valence-electron chi connectivity index (χ0n) is 9.17. The van der Waals surface area contributed by atoms with E-state index in [4.69, 9.17) is 0 Å². The number of nitrogens with zero attached hydrogens (tertiary/aromatic N) is 1. The molecule has 0 aromatic rings. The molecule has 0 unspecified atom stereocenters. The van der Waals surface area contributed by atoms with Gasteiger partial charge in [0.25, 0.3) is 0 Å². The number of carbonyl (C=O) groups is 1. The monoisotopic (exact) mass is 195 g/mol. The second-order valence-corrected chi connectivity index (χ2v) is 3.93. The summed E-state index contributed by atoms with van der Waals surface area (Å²) in [7, 11) is 0. The normalized spacial score (nSPS) is 17.6. The van der Waals surface area contributed by atoms with E-state index in [2.05, 4.69) is 6.92 Å². The summed E-state index contributed by atoms with van der Waals surface area (Å²) in [6.07, 6.45) is 10.8. The van der Waals surface area contributed by atoms with Crippen molar-refractivity contribution < 1.29 is 4.79 Å². The minimum atomic E-state index is 0.209. The SMILES string of the molecule is CCCC/C=C/C(=O)N1CCCCC1. The van der Waals surface area contributed by atoms with Gasteiger partial charge in [0.2, 0.25) is 5.91 Å². The number of hydrogen-bond acceptors (Lipinski definition) is 1. The Balaban J connectivity index is 2.22. The van der Waals surface area contributed by atoms with Gasteiger partial charge in [-0.1, -0.05) is 25.8 Å². The maximum Gasteiger partial charge on any atom is 0.246 e. The molecule has 2 nitrogen and oxygen atoms in total. The lowest BCUT2D eigenvalue weighted by Crippen LogP contribution is -2.34. The van der Waals surface area contributed by atoms with Crippen LogP contribution in [-0.4, -0.2) is 23.9 Å². The molecule has 0 aromatic carbocycles. The predicted molar refractivity (Wildman–Crippen MR) is 59.1 cm³/mol. The Kier molecular flexibility index (Phi) is 5.35. The van der Waals surface area contributed by atoms with E-state index < -0.39 is 0 Å². The molecule has 1 heterocycles. The largest absolute Gasteiger partial charge is 0.339 e. The third-order valence-corrected chi connectivity index (χ3v) is 2.65. The lowest BCUT2D eigenvalue weighted by Gasteiger charge is -2.25. The zero-order chi connectivity index (χ0) is 10.2. The second kappa shape index (κ2) is 6.63. The molecule has 1 rings (SSSR count). The first kappa shape index (κ1) is 11.3. The Labute approximate surface area is 87.0 Å². The Hall–Kier alpha value is -0.790. The molecular weight excluding hydrogens is 174 g/mol. The summed E-state index contributed by atoms with van der Waals surface area (Å²) in [5.74, 6) is 0.209. The van der Waals surface area contributed by atoms with Gasteiger partial charge in [-0.05, 0) is 31.8 Å². The summed E-state index contributed by atoms with van der Waals surface area (Å²) in [6.45, 7) is 4.08. The molecule has 0 aromatic heterocycles. The van der Waals surface area contributed by atoms with Crippen molar-refractivity contribution in [1.82, 2.24) is 4.90 Å². The first-order valence-corrected chi connectivity index (χ1v) is 5.80. The van der Waals surface area contributed by atoms with Crippen molar-refractivity contribution in [3.63, 3.8) is 0 Å². The van der Waals surface area contributed by atoms with Crippen LogP contribution in [-0.2, 0) is 4.79 Å². The minimum absolute atomic E-state index is 0.209.